The molecular weight excluding hydrogens is 184 g/mol. The zero-order chi connectivity index (χ0) is 11.6. The van der Waals surface area contributed by atoms with Gasteiger partial charge in [0.15, 0.2) is 0 Å². The molecule has 15 heavy (non-hydrogen) atoms. The lowest BCUT2D eigenvalue weighted by Crippen LogP contribution is -2.46. The fourth-order valence-electron chi connectivity index (χ4n) is 2.55. The Morgan fingerprint density at radius 3 is 1.67 bits per heavy atom. The van der Waals surface area contributed by atoms with Gasteiger partial charge in [-0.3, -0.25) is 0 Å². The predicted octanol–water partition coefficient (Wildman–Crippen LogP) is 3.29. The minimum Gasteiger partial charge on any atom is -0.512 e. The van der Waals surface area contributed by atoms with Crippen molar-refractivity contribution in [3.8, 4) is 0 Å². The highest BCUT2D eigenvalue weighted by Crippen LogP contribution is 2.21. The van der Waals surface area contributed by atoms with E-state index in [1.807, 2.05) is 0 Å². The Morgan fingerprint density at radius 1 is 0.933 bits per heavy atom. The molecule has 0 aliphatic carbocycles. The molecular formula is C13H26N2. The second-order valence-electron chi connectivity index (χ2n) is 4.65. The van der Waals surface area contributed by atoms with Gasteiger partial charge in [-0.2, -0.15) is 0 Å². The first kappa shape index (κ1) is 14.5. The monoisotopic (exact) mass is 210 g/mol. The standard InChI is InChI=1S/C12H26N.CN/c1-3-5-9-13(10-6-4-2)11-7-8-12-13;1-2/h3-12H2,1-2H3;/q+1;-1. The van der Waals surface area contributed by atoms with Crippen molar-refractivity contribution in [3.63, 3.8) is 0 Å². The van der Waals surface area contributed by atoms with Gasteiger partial charge in [0.1, 0.15) is 0 Å². The van der Waals surface area contributed by atoms with E-state index in [4.69, 9.17) is 11.8 Å². The molecule has 0 bridgehead atoms. The van der Waals surface area contributed by atoms with Crippen molar-refractivity contribution >= 4 is 0 Å². The average molecular weight is 210 g/mol. The highest BCUT2D eigenvalue weighted by atomic mass is 15.4. The Labute approximate surface area is 95.5 Å². The molecule has 0 spiro atoms. The molecule has 1 saturated heterocycles. The molecule has 2 nitrogen and oxygen atoms in total. The fraction of sp³-hybridized carbons (Fsp3) is 0.923. The minimum atomic E-state index is 1.37. The molecule has 1 aliphatic heterocycles. The first-order valence-corrected chi connectivity index (χ1v) is 6.40. The lowest BCUT2D eigenvalue weighted by atomic mass is 10.2. The van der Waals surface area contributed by atoms with E-state index in [1.165, 1.54) is 69.2 Å². The van der Waals surface area contributed by atoms with Crippen LogP contribution >= 0.6 is 0 Å². The van der Waals surface area contributed by atoms with Crippen LogP contribution in [-0.4, -0.2) is 30.7 Å². The molecule has 1 aliphatic rings. The van der Waals surface area contributed by atoms with Gasteiger partial charge in [0.25, 0.3) is 0 Å². The van der Waals surface area contributed by atoms with Gasteiger partial charge in [-0.25, -0.2) is 0 Å². The van der Waals surface area contributed by atoms with Gasteiger partial charge in [-0.15, -0.1) is 0 Å². The highest BCUT2D eigenvalue weighted by Gasteiger charge is 2.29. The molecule has 88 valence electrons. The van der Waals surface area contributed by atoms with E-state index in [2.05, 4.69) is 13.8 Å². The summed E-state index contributed by atoms with van der Waals surface area (Å²) in [6, 6.07) is 0. The smallest absolute Gasteiger partial charge is 0.0788 e. The third-order valence-corrected chi connectivity index (χ3v) is 3.49. The Morgan fingerprint density at radius 2 is 1.33 bits per heavy atom. The highest BCUT2D eigenvalue weighted by molar-refractivity contribution is 4.55. The predicted molar refractivity (Wildman–Crippen MR) is 63.7 cm³/mol. The summed E-state index contributed by atoms with van der Waals surface area (Å²) >= 11 is 0. The van der Waals surface area contributed by atoms with Crippen LogP contribution in [0.2, 0.25) is 0 Å². The van der Waals surface area contributed by atoms with Crippen molar-refractivity contribution in [2.24, 2.45) is 0 Å². The number of hydrogen-bond donors (Lipinski definition) is 0. The summed E-state index contributed by atoms with van der Waals surface area (Å²) in [5.74, 6) is 0. The lowest BCUT2D eigenvalue weighted by molar-refractivity contribution is -0.917. The first-order valence-electron chi connectivity index (χ1n) is 6.40. The van der Waals surface area contributed by atoms with Crippen LogP contribution in [0, 0.1) is 11.8 Å². The topological polar surface area (TPSA) is 23.8 Å². The molecule has 0 unspecified atom stereocenters. The van der Waals surface area contributed by atoms with E-state index < -0.39 is 0 Å². The van der Waals surface area contributed by atoms with E-state index in [-0.39, 0.29) is 0 Å². The van der Waals surface area contributed by atoms with E-state index in [9.17, 15) is 0 Å². The molecule has 0 aromatic heterocycles. The molecule has 1 fully saturated rings. The summed E-state index contributed by atoms with van der Waals surface area (Å²) in [7, 11) is 0. The lowest BCUT2D eigenvalue weighted by Gasteiger charge is -2.34. The zero-order valence-electron chi connectivity index (χ0n) is 10.5. The van der Waals surface area contributed by atoms with Crippen LogP contribution in [0.3, 0.4) is 0 Å². The number of hydrogen-bond acceptors (Lipinski definition) is 1. The molecule has 1 rings (SSSR count). The fourth-order valence-corrected chi connectivity index (χ4v) is 2.55. The van der Waals surface area contributed by atoms with Crippen molar-refractivity contribution < 1.29 is 4.48 Å². The van der Waals surface area contributed by atoms with Gasteiger partial charge < -0.3 is 16.3 Å². The number of likely N-dealkylation sites (tertiary alicyclic amines) is 1. The largest absolute Gasteiger partial charge is 0.512 e. The second-order valence-corrected chi connectivity index (χ2v) is 4.65. The van der Waals surface area contributed by atoms with Gasteiger partial charge in [0, 0.05) is 12.8 Å². The minimum absolute atomic E-state index is 1.37. The van der Waals surface area contributed by atoms with E-state index in [1.54, 1.807) is 0 Å². The second kappa shape index (κ2) is 8.73. The summed E-state index contributed by atoms with van der Waals surface area (Å²) in [4.78, 5) is 0. The molecule has 0 radical (unpaired) electrons. The Balaban J connectivity index is 0.000000921. The summed E-state index contributed by atoms with van der Waals surface area (Å²) in [5.41, 5.74) is 0. The van der Waals surface area contributed by atoms with E-state index >= 15 is 0 Å². The van der Waals surface area contributed by atoms with Crippen LogP contribution < -0.4 is 0 Å². The maximum absolute atomic E-state index is 6.25. The number of unbranched alkanes of at least 4 members (excludes halogenated alkanes) is 2. The van der Waals surface area contributed by atoms with Crippen molar-refractivity contribution in [1.29, 1.82) is 5.26 Å². The molecule has 0 aromatic carbocycles. The number of quaternary nitrogens is 1. The van der Waals surface area contributed by atoms with Crippen molar-refractivity contribution in [3.05, 3.63) is 6.57 Å². The number of rotatable bonds is 6. The molecule has 1 heterocycles. The summed E-state index contributed by atoms with van der Waals surface area (Å²) < 4.78 is 1.46. The normalized spacial score (nSPS) is 18.1. The van der Waals surface area contributed by atoms with Crippen LogP contribution in [0.4, 0.5) is 0 Å². The van der Waals surface area contributed by atoms with Gasteiger partial charge in [0.05, 0.1) is 26.2 Å². The SMILES string of the molecule is CCCC[N+]1(CCCC)CCCC1.[C-]#N. The first-order chi connectivity index (χ1) is 7.33. The Kier molecular flexibility index (Phi) is 8.41. The summed E-state index contributed by atoms with van der Waals surface area (Å²) in [6.07, 6.45) is 8.56. The van der Waals surface area contributed by atoms with Crippen molar-refractivity contribution in [1.82, 2.24) is 0 Å². The maximum Gasteiger partial charge on any atom is 0.0788 e. The van der Waals surface area contributed by atoms with E-state index in [0.717, 1.165) is 0 Å². The van der Waals surface area contributed by atoms with Gasteiger partial charge >= 0.3 is 0 Å². The van der Waals surface area contributed by atoms with Gasteiger partial charge in [0.2, 0.25) is 0 Å². The van der Waals surface area contributed by atoms with Crippen LogP contribution in [0.1, 0.15) is 52.4 Å². The average Bonchev–Trinajstić information content (AvgIpc) is 2.76. The molecule has 0 N–H and O–H groups in total. The quantitative estimate of drug-likeness (QED) is 0.487. The Bertz CT molecular complexity index is 147. The summed E-state index contributed by atoms with van der Waals surface area (Å²) in [5, 5.41) is 6.25. The maximum atomic E-state index is 6.25. The Hall–Kier alpha value is -0.550. The summed E-state index contributed by atoms with van der Waals surface area (Å²) in [6.45, 7) is 15.2. The van der Waals surface area contributed by atoms with Crippen LogP contribution in [0.25, 0.3) is 0 Å². The molecule has 2 heteroatoms. The van der Waals surface area contributed by atoms with Gasteiger partial charge in [-0.05, 0) is 12.8 Å². The third-order valence-electron chi connectivity index (χ3n) is 3.49. The number of nitrogens with zero attached hydrogens (tertiary/aromatic N) is 2. The van der Waals surface area contributed by atoms with Crippen LogP contribution in [0.15, 0.2) is 0 Å². The van der Waals surface area contributed by atoms with Crippen LogP contribution in [-0.2, 0) is 0 Å². The molecule has 0 aromatic rings. The van der Waals surface area contributed by atoms with Crippen molar-refractivity contribution in [2.75, 3.05) is 26.2 Å². The van der Waals surface area contributed by atoms with Gasteiger partial charge in [-0.1, -0.05) is 26.7 Å². The molecule has 0 atom stereocenters. The van der Waals surface area contributed by atoms with Crippen molar-refractivity contribution in [2.45, 2.75) is 52.4 Å². The van der Waals surface area contributed by atoms with E-state index in [0.29, 0.717) is 0 Å². The molecule has 0 amide bonds. The zero-order valence-corrected chi connectivity index (χ0v) is 10.5. The third kappa shape index (κ3) is 5.18. The van der Waals surface area contributed by atoms with Crippen LogP contribution in [0.5, 0.6) is 0 Å². The molecule has 0 saturated carbocycles.